The molecule has 0 aliphatic heterocycles. The number of rotatable bonds is 8. The van der Waals surface area contributed by atoms with E-state index in [2.05, 4.69) is 17.6 Å². The van der Waals surface area contributed by atoms with Gasteiger partial charge in [-0.25, -0.2) is 4.79 Å². The normalized spacial score (nSPS) is 23.3. The molecule has 1 aliphatic rings. The van der Waals surface area contributed by atoms with Gasteiger partial charge >= 0.3 is 6.09 Å². The van der Waals surface area contributed by atoms with Crippen LogP contribution in [0.4, 0.5) is 4.79 Å². The zero-order valence-electron chi connectivity index (χ0n) is 15.6. The first-order chi connectivity index (χ1) is 10.9. The molecule has 23 heavy (non-hydrogen) atoms. The third-order valence-electron chi connectivity index (χ3n) is 4.25. The van der Waals surface area contributed by atoms with E-state index in [4.69, 9.17) is 9.47 Å². The summed E-state index contributed by atoms with van der Waals surface area (Å²) in [6, 6.07) is 0.652. The van der Waals surface area contributed by atoms with E-state index in [1.165, 1.54) is 12.8 Å². The number of nitrogens with one attached hydrogen (secondary N) is 2. The average molecular weight is 328 g/mol. The maximum Gasteiger partial charge on any atom is 0.407 e. The van der Waals surface area contributed by atoms with Crippen molar-refractivity contribution >= 4 is 6.09 Å². The first-order valence-electron chi connectivity index (χ1n) is 9.11. The van der Waals surface area contributed by atoms with Gasteiger partial charge in [0.25, 0.3) is 0 Å². The molecule has 5 nitrogen and oxygen atoms in total. The summed E-state index contributed by atoms with van der Waals surface area (Å²) in [6.07, 6.45) is 8.06. The highest BCUT2D eigenvalue weighted by Crippen LogP contribution is 2.21. The summed E-state index contributed by atoms with van der Waals surface area (Å²) in [5, 5.41) is 6.62. The molecular weight excluding hydrogens is 292 g/mol. The molecule has 0 spiro atoms. The van der Waals surface area contributed by atoms with Crippen LogP contribution in [0.5, 0.6) is 0 Å². The van der Waals surface area contributed by atoms with Crippen LogP contribution in [0.1, 0.15) is 72.6 Å². The standard InChI is InChI=1S/C18H36N2O3/c1-6-7-10-14(13-19-17(21)23-18(2,3)4)20-15-11-8-9-12-16(15)22-5/h14-16,20H,6-13H2,1-5H3,(H,19,21). The Morgan fingerprint density at radius 2 is 1.96 bits per heavy atom. The summed E-state index contributed by atoms with van der Waals surface area (Å²) in [5.41, 5.74) is -0.457. The summed E-state index contributed by atoms with van der Waals surface area (Å²) >= 11 is 0. The minimum absolute atomic E-state index is 0.267. The first-order valence-corrected chi connectivity index (χ1v) is 9.11. The summed E-state index contributed by atoms with van der Waals surface area (Å²) in [7, 11) is 1.80. The van der Waals surface area contributed by atoms with E-state index in [0.29, 0.717) is 12.6 Å². The molecule has 1 rings (SSSR count). The van der Waals surface area contributed by atoms with E-state index in [-0.39, 0.29) is 18.2 Å². The lowest BCUT2D eigenvalue weighted by molar-refractivity contribution is 0.0358. The molecule has 0 saturated heterocycles. The molecule has 0 heterocycles. The van der Waals surface area contributed by atoms with Crippen LogP contribution in [0.2, 0.25) is 0 Å². The topological polar surface area (TPSA) is 59.6 Å². The predicted octanol–water partition coefficient (Wildman–Crippen LogP) is 3.62. The van der Waals surface area contributed by atoms with Crippen LogP contribution in [-0.2, 0) is 9.47 Å². The van der Waals surface area contributed by atoms with Crippen LogP contribution in [0.3, 0.4) is 0 Å². The molecule has 136 valence electrons. The van der Waals surface area contributed by atoms with Gasteiger partial charge in [0.2, 0.25) is 0 Å². The van der Waals surface area contributed by atoms with Gasteiger partial charge in [0.15, 0.2) is 0 Å². The smallest absolute Gasteiger partial charge is 0.407 e. The van der Waals surface area contributed by atoms with Gasteiger partial charge in [0, 0.05) is 25.7 Å². The fraction of sp³-hybridized carbons (Fsp3) is 0.944. The van der Waals surface area contributed by atoms with E-state index >= 15 is 0 Å². The number of ether oxygens (including phenoxy) is 2. The van der Waals surface area contributed by atoms with Crippen LogP contribution in [0.25, 0.3) is 0 Å². The van der Waals surface area contributed by atoms with Crippen LogP contribution < -0.4 is 10.6 Å². The number of unbranched alkanes of at least 4 members (excludes halogenated alkanes) is 1. The Labute approximate surface area is 141 Å². The Bertz CT molecular complexity index is 342. The van der Waals surface area contributed by atoms with Crippen molar-refractivity contribution in [1.82, 2.24) is 10.6 Å². The molecule has 0 aromatic carbocycles. The highest BCUT2D eigenvalue weighted by atomic mass is 16.6. The second-order valence-corrected chi connectivity index (χ2v) is 7.55. The van der Waals surface area contributed by atoms with Crippen LogP contribution in [-0.4, -0.2) is 43.5 Å². The quantitative estimate of drug-likeness (QED) is 0.714. The molecule has 1 fully saturated rings. The number of amides is 1. The lowest BCUT2D eigenvalue weighted by atomic mass is 9.91. The first kappa shape index (κ1) is 20.2. The number of hydrogen-bond acceptors (Lipinski definition) is 4. The molecule has 1 amide bonds. The zero-order chi connectivity index (χ0) is 17.3. The van der Waals surface area contributed by atoms with Crippen molar-refractivity contribution in [2.75, 3.05) is 13.7 Å². The van der Waals surface area contributed by atoms with Gasteiger partial charge in [-0.3, -0.25) is 0 Å². The molecule has 0 bridgehead atoms. The Kier molecular flexibility index (Phi) is 8.92. The predicted molar refractivity (Wildman–Crippen MR) is 93.7 cm³/mol. The van der Waals surface area contributed by atoms with E-state index in [1.807, 2.05) is 20.8 Å². The monoisotopic (exact) mass is 328 g/mol. The van der Waals surface area contributed by atoms with Crippen molar-refractivity contribution in [3.63, 3.8) is 0 Å². The number of hydrogen-bond donors (Lipinski definition) is 2. The molecule has 1 saturated carbocycles. The summed E-state index contributed by atoms with van der Waals surface area (Å²) in [5.74, 6) is 0. The molecular formula is C18H36N2O3. The van der Waals surface area contributed by atoms with Crippen molar-refractivity contribution in [3.05, 3.63) is 0 Å². The summed E-state index contributed by atoms with van der Waals surface area (Å²) < 4.78 is 10.9. The number of alkyl carbamates (subject to hydrolysis) is 1. The fourth-order valence-corrected chi connectivity index (χ4v) is 3.09. The molecule has 0 radical (unpaired) electrons. The Morgan fingerprint density at radius 3 is 2.57 bits per heavy atom. The average Bonchev–Trinajstić information content (AvgIpc) is 2.48. The van der Waals surface area contributed by atoms with Crippen molar-refractivity contribution in [3.8, 4) is 0 Å². The molecule has 0 aromatic heterocycles. The van der Waals surface area contributed by atoms with E-state index in [0.717, 1.165) is 32.1 Å². The van der Waals surface area contributed by atoms with Crippen molar-refractivity contribution < 1.29 is 14.3 Å². The molecule has 5 heteroatoms. The summed E-state index contributed by atoms with van der Waals surface area (Å²) in [4.78, 5) is 11.9. The van der Waals surface area contributed by atoms with Crippen LogP contribution in [0.15, 0.2) is 0 Å². The molecule has 0 aromatic rings. The molecule has 3 unspecified atom stereocenters. The number of methoxy groups -OCH3 is 1. The number of carbonyl (C=O) groups excluding carboxylic acids is 1. The lowest BCUT2D eigenvalue weighted by Crippen LogP contribution is -2.51. The second-order valence-electron chi connectivity index (χ2n) is 7.55. The van der Waals surface area contributed by atoms with Gasteiger partial charge < -0.3 is 20.1 Å². The van der Waals surface area contributed by atoms with Crippen LogP contribution in [0, 0.1) is 0 Å². The zero-order valence-corrected chi connectivity index (χ0v) is 15.6. The van der Waals surface area contributed by atoms with E-state index in [9.17, 15) is 4.79 Å². The van der Waals surface area contributed by atoms with Gasteiger partial charge in [0.1, 0.15) is 5.60 Å². The van der Waals surface area contributed by atoms with Gasteiger partial charge in [-0.1, -0.05) is 32.6 Å². The second kappa shape index (κ2) is 10.1. The van der Waals surface area contributed by atoms with Gasteiger partial charge in [-0.15, -0.1) is 0 Å². The SMILES string of the molecule is CCCCC(CNC(=O)OC(C)(C)C)NC1CCCCC1OC. The van der Waals surface area contributed by atoms with Crippen molar-refractivity contribution in [1.29, 1.82) is 0 Å². The van der Waals surface area contributed by atoms with Gasteiger partial charge in [-0.05, 0) is 40.0 Å². The Morgan fingerprint density at radius 1 is 1.26 bits per heavy atom. The largest absolute Gasteiger partial charge is 0.444 e. The van der Waals surface area contributed by atoms with Crippen molar-refractivity contribution in [2.24, 2.45) is 0 Å². The Balaban J connectivity index is 2.49. The molecule has 3 atom stereocenters. The third-order valence-corrected chi connectivity index (χ3v) is 4.25. The van der Waals surface area contributed by atoms with Gasteiger partial charge in [0.05, 0.1) is 6.10 Å². The maximum absolute atomic E-state index is 11.9. The minimum atomic E-state index is -0.457. The third kappa shape index (κ3) is 8.56. The number of carbonyl (C=O) groups is 1. The van der Waals surface area contributed by atoms with Crippen molar-refractivity contribution in [2.45, 2.75) is 96.4 Å². The molecule has 2 N–H and O–H groups in total. The highest BCUT2D eigenvalue weighted by molar-refractivity contribution is 5.67. The fourth-order valence-electron chi connectivity index (χ4n) is 3.09. The maximum atomic E-state index is 11.9. The summed E-state index contributed by atoms with van der Waals surface area (Å²) in [6.45, 7) is 8.43. The van der Waals surface area contributed by atoms with E-state index in [1.54, 1.807) is 7.11 Å². The van der Waals surface area contributed by atoms with Crippen LogP contribution >= 0.6 is 0 Å². The molecule has 1 aliphatic carbocycles. The Hall–Kier alpha value is -0.810. The highest BCUT2D eigenvalue weighted by Gasteiger charge is 2.27. The van der Waals surface area contributed by atoms with Gasteiger partial charge in [-0.2, -0.15) is 0 Å². The minimum Gasteiger partial charge on any atom is -0.444 e. The van der Waals surface area contributed by atoms with E-state index < -0.39 is 5.60 Å². The lowest BCUT2D eigenvalue weighted by Gasteiger charge is -2.34.